The maximum absolute atomic E-state index is 5.59. The summed E-state index contributed by atoms with van der Waals surface area (Å²) in [6.07, 6.45) is 3.68. The largest absolute Gasteiger partial charge is 0.658 e. The molecule has 0 fully saturated rings. The number of fused-ring (bicyclic) bond motifs is 2. The van der Waals surface area contributed by atoms with Gasteiger partial charge < -0.3 is 9.31 Å². The second-order valence-corrected chi connectivity index (χ2v) is 5.69. The fraction of sp³-hybridized carbons (Fsp3) is 0.222. The van der Waals surface area contributed by atoms with Crippen molar-refractivity contribution in [2.75, 3.05) is 0 Å². The Bertz CT molecular complexity index is 942. The highest BCUT2D eigenvalue weighted by Gasteiger charge is 2.07. The molecule has 125 valence electrons. The molecule has 0 amide bonds. The van der Waals surface area contributed by atoms with Crippen LogP contribution in [0.5, 0.6) is 11.5 Å². The number of aromatic nitrogens is 4. The number of benzene rings is 2. The predicted molar refractivity (Wildman–Crippen MR) is 97.8 cm³/mol. The van der Waals surface area contributed by atoms with E-state index >= 15 is 0 Å². The third-order valence-corrected chi connectivity index (χ3v) is 4.19. The summed E-state index contributed by atoms with van der Waals surface area (Å²) in [6.45, 7) is 5.82. The van der Waals surface area contributed by atoms with Crippen molar-refractivity contribution in [1.82, 2.24) is 19.6 Å². The molecule has 0 bridgehead atoms. The van der Waals surface area contributed by atoms with E-state index in [4.69, 9.17) is 9.31 Å². The second-order valence-electron chi connectivity index (χ2n) is 5.69. The first-order chi connectivity index (χ1) is 12.3. The number of rotatable bonds is 6. The minimum absolute atomic E-state index is 0.711. The summed E-state index contributed by atoms with van der Waals surface area (Å²) < 4.78 is 15.1. The van der Waals surface area contributed by atoms with Crippen LogP contribution in [-0.2, 0) is 13.1 Å². The highest BCUT2D eigenvalue weighted by atomic mass is 16.6. The van der Waals surface area contributed by atoms with Gasteiger partial charge in [-0.05, 0) is 50.2 Å². The molecule has 0 aliphatic carbocycles. The highest BCUT2D eigenvalue weighted by molar-refractivity contribution is 6.20. The zero-order chi connectivity index (χ0) is 17.2. The minimum atomic E-state index is 0.711. The molecule has 4 rings (SSSR count). The van der Waals surface area contributed by atoms with Crippen LogP contribution in [0.4, 0.5) is 0 Å². The fourth-order valence-corrected chi connectivity index (χ4v) is 2.92. The molecule has 0 atom stereocenters. The molecule has 7 heteroatoms. The SMILES string of the molecule is CCn1ncc2cc(O[B]Oc3ccc4c(cnn4CC)c3)ccc21. The van der Waals surface area contributed by atoms with Gasteiger partial charge in [0.15, 0.2) is 0 Å². The van der Waals surface area contributed by atoms with Gasteiger partial charge >= 0.3 is 7.69 Å². The average Bonchev–Trinajstić information content (AvgIpc) is 3.24. The number of hydrogen-bond acceptors (Lipinski definition) is 4. The maximum Gasteiger partial charge on any atom is 0.658 e. The Balaban J connectivity index is 1.43. The predicted octanol–water partition coefficient (Wildman–Crippen LogP) is 3.42. The lowest BCUT2D eigenvalue weighted by Crippen LogP contribution is -2.10. The lowest BCUT2D eigenvalue weighted by atomic mass is 10.2. The van der Waals surface area contributed by atoms with E-state index < -0.39 is 0 Å². The number of nitrogens with zero attached hydrogens (tertiary/aromatic N) is 4. The van der Waals surface area contributed by atoms with Gasteiger partial charge in [-0.3, -0.25) is 9.36 Å². The van der Waals surface area contributed by atoms with E-state index in [2.05, 4.69) is 24.0 Å². The summed E-state index contributed by atoms with van der Waals surface area (Å²) in [5.74, 6) is 1.42. The smallest absolute Gasteiger partial charge is 0.526 e. The molecule has 0 aliphatic rings. The molecule has 6 nitrogen and oxygen atoms in total. The van der Waals surface area contributed by atoms with Gasteiger partial charge in [0.05, 0.1) is 23.4 Å². The topological polar surface area (TPSA) is 54.1 Å². The first-order valence-electron chi connectivity index (χ1n) is 8.34. The summed E-state index contributed by atoms with van der Waals surface area (Å²) in [4.78, 5) is 0. The van der Waals surface area contributed by atoms with Crippen LogP contribution in [0.3, 0.4) is 0 Å². The minimum Gasteiger partial charge on any atom is -0.526 e. The third kappa shape index (κ3) is 2.93. The standard InChI is InChI=1S/C18H18BN4O2/c1-3-22-17-7-5-15(9-13(17)11-20-22)24-19-25-16-6-8-18-14(10-16)12-21-23(18)4-2/h5-12H,3-4H2,1-2H3. The molecule has 4 aromatic rings. The van der Waals surface area contributed by atoms with E-state index in [9.17, 15) is 0 Å². The Morgan fingerprint density at radius 3 is 1.72 bits per heavy atom. The number of aryl methyl sites for hydroxylation is 2. The average molecular weight is 333 g/mol. The molecule has 25 heavy (non-hydrogen) atoms. The van der Waals surface area contributed by atoms with Crippen LogP contribution < -0.4 is 9.31 Å². The third-order valence-electron chi connectivity index (χ3n) is 4.19. The molecule has 2 heterocycles. The summed E-state index contributed by atoms with van der Waals surface area (Å²) in [5, 5.41) is 10.8. The Morgan fingerprint density at radius 1 is 0.800 bits per heavy atom. The summed E-state index contributed by atoms with van der Waals surface area (Å²) in [7, 11) is 1.34. The molecular formula is C18H18BN4O2. The van der Waals surface area contributed by atoms with Crippen LogP contribution in [0, 0.1) is 0 Å². The zero-order valence-electron chi connectivity index (χ0n) is 14.2. The van der Waals surface area contributed by atoms with Crippen molar-refractivity contribution < 1.29 is 9.31 Å². The molecule has 1 radical (unpaired) electrons. The van der Waals surface area contributed by atoms with Gasteiger partial charge in [0.25, 0.3) is 0 Å². The molecule has 0 spiro atoms. The summed E-state index contributed by atoms with van der Waals surface area (Å²) in [6, 6.07) is 11.7. The molecule has 0 unspecified atom stereocenters. The van der Waals surface area contributed by atoms with Crippen molar-refractivity contribution in [2.45, 2.75) is 26.9 Å². The fourth-order valence-electron chi connectivity index (χ4n) is 2.92. The molecule has 2 aromatic heterocycles. The van der Waals surface area contributed by atoms with E-state index in [0.717, 1.165) is 34.9 Å². The first-order valence-corrected chi connectivity index (χ1v) is 8.34. The van der Waals surface area contributed by atoms with E-state index in [0.29, 0.717) is 11.5 Å². The van der Waals surface area contributed by atoms with Gasteiger partial charge in [-0.1, -0.05) is 0 Å². The Hall–Kier alpha value is -2.96. The normalized spacial score (nSPS) is 11.1. The second kappa shape index (κ2) is 6.51. The van der Waals surface area contributed by atoms with Gasteiger partial charge in [0, 0.05) is 23.9 Å². The van der Waals surface area contributed by atoms with Gasteiger partial charge in [0.2, 0.25) is 0 Å². The first kappa shape index (κ1) is 15.6. The van der Waals surface area contributed by atoms with Gasteiger partial charge in [-0.25, -0.2) is 0 Å². The highest BCUT2D eigenvalue weighted by Crippen LogP contribution is 2.22. The molecule has 0 aliphatic heterocycles. The van der Waals surface area contributed by atoms with E-state index in [1.165, 1.54) is 7.69 Å². The van der Waals surface area contributed by atoms with E-state index in [1.54, 1.807) is 0 Å². The van der Waals surface area contributed by atoms with Crippen molar-refractivity contribution in [3.63, 3.8) is 0 Å². The van der Waals surface area contributed by atoms with Crippen LogP contribution in [0.25, 0.3) is 21.8 Å². The Kier molecular flexibility index (Phi) is 4.05. The molecule has 0 saturated carbocycles. The summed E-state index contributed by atoms with van der Waals surface area (Å²) >= 11 is 0. The van der Waals surface area contributed by atoms with Crippen LogP contribution in [0.1, 0.15) is 13.8 Å². The van der Waals surface area contributed by atoms with Gasteiger partial charge in [0.1, 0.15) is 11.5 Å². The lowest BCUT2D eigenvalue weighted by molar-refractivity contribution is 0.460. The molecule has 2 aromatic carbocycles. The zero-order valence-corrected chi connectivity index (χ0v) is 14.2. The van der Waals surface area contributed by atoms with Crippen LogP contribution in [0.2, 0.25) is 0 Å². The van der Waals surface area contributed by atoms with Crippen molar-refractivity contribution in [3.05, 3.63) is 48.8 Å². The lowest BCUT2D eigenvalue weighted by Gasteiger charge is -2.07. The molecular weight excluding hydrogens is 315 g/mol. The quantitative estimate of drug-likeness (QED) is 0.508. The Labute approximate surface area is 146 Å². The van der Waals surface area contributed by atoms with E-state index in [1.807, 2.05) is 58.2 Å². The summed E-state index contributed by atoms with van der Waals surface area (Å²) in [5.41, 5.74) is 2.18. The monoisotopic (exact) mass is 333 g/mol. The van der Waals surface area contributed by atoms with Crippen LogP contribution >= 0.6 is 0 Å². The maximum atomic E-state index is 5.59. The Morgan fingerprint density at radius 2 is 1.28 bits per heavy atom. The molecule has 0 N–H and O–H groups in total. The van der Waals surface area contributed by atoms with Gasteiger partial charge in [-0.2, -0.15) is 10.2 Å². The van der Waals surface area contributed by atoms with Gasteiger partial charge in [-0.15, -0.1) is 0 Å². The van der Waals surface area contributed by atoms with E-state index in [-0.39, 0.29) is 0 Å². The van der Waals surface area contributed by atoms with Crippen molar-refractivity contribution in [2.24, 2.45) is 0 Å². The van der Waals surface area contributed by atoms with Crippen molar-refractivity contribution in [1.29, 1.82) is 0 Å². The van der Waals surface area contributed by atoms with Crippen LogP contribution in [0.15, 0.2) is 48.8 Å². The number of hydrogen-bond donors (Lipinski definition) is 0. The van der Waals surface area contributed by atoms with Crippen molar-refractivity contribution >= 4 is 29.5 Å². The van der Waals surface area contributed by atoms with Crippen molar-refractivity contribution in [3.8, 4) is 11.5 Å². The molecule has 0 saturated heterocycles. The van der Waals surface area contributed by atoms with Crippen LogP contribution in [-0.4, -0.2) is 27.2 Å².